The average molecular weight is 282 g/mol. The van der Waals surface area contributed by atoms with Crippen LogP contribution in [0, 0.1) is 0 Å². The molecule has 0 aliphatic heterocycles. The largest absolute Gasteiger partial charge is 0.480 e. The molecule has 1 heterocycles. The number of benzene rings is 1. The van der Waals surface area contributed by atoms with Gasteiger partial charge in [0.15, 0.2) is 9.84 Å². The molecule has 0 radical (unpaired) electrons. The van der Waals surface area contributed by atoms with Gasteiger partial charge in [-0.05, 0) is 18.2 Å². The number of hydrogen-bond acceptors (Lipinski definition) is 4. The van der Waals surface area contributed by atoms with Crippen molar-refractivity contribution in [1.82, 2.24) is 4.98 Å². The van der Waals surface area contributed by atoms with Crippen molar-refractivity contribution < 1.29 is 18.3 Å². The van der Waals surface area contributed by atoms with E-state index in [9.17, 15) is 13.2 Å². The van der Waals surface area contributed by atoms with Crippen molar-refractivity contribution in [2.24, 2.45) is 5.73 Å². The zero-order valence-electron chi connectivity index (χ0n) is 10.3. The second-order valence-corrected chi connectivity index (χ2v) is 6.45. The molecule has 0 aliphatic carbocycles. The maximum absolute atomic E-state index is 11.8. The summed E-state index contributed by atoms with van der Waals surface area (Å²) < 4.78 is 23.6. The molecule has 1 unspecified atom stereocenters. The van der Waals surface area contributed by atoms with E-state index < -0.39 is 21.8 Å². The van der Waals surface area contributed by atoms with E-state index in [0.29, 0.717) is 16.5 Å². The zero-order valence-corrected chi connectivity index (χ0v) is 11.1. The average Bonchev–Trinajstić information content (AvgIpc) is 2.80. The molecule has 0 amide bonds. The van der Waals surface area contributed by atoms with Gasteiger partial charge in [-0.1, -0.05) is 6.92 Å². The third-order valence-corrected chi connectivity index (χ3v) is 4.76. The lowest BCUT2D eigenvalue weighted by atomic mass is 10.1. The minimum Gasteiger partial charge on any atom is -0.480 e. The molecule has 0 spiro atoms. The van der Waals surface area contributed by atoms with Crippen molar-refractivity contribution in [3.05, 3.63) is 30.0 Å². The smallest absolute Gasteiger partial charge is 0.325 e. The molecule has 102 valence electrons. The lowest BCUT2D eigenvalue weighted by Gasteiger charge is -2.06. The maximum atomic E-state index is 11.8. The molecule has 0 fully saturated rings. The Morgan fingerprint density at radius 3 is 2.74 bits per heavy atom. The van der Waals surface area contributed by atoms with Crippen LogP contribution >= 0.6 is 0 Å². The van der Waals surface area contributed by atoms with Crippen molar-refractivity contribution >= 4 is 26.7 Å². The predicted octanol–water partition coefficient (Wildman–Crippen LogP) is 1.05. The molecule has 1 atom stereocenters. The number of hydrogen-bond donors (Lipinski definition) is 3. The van der Waals surface area contributed by atoms with Crippen molar-refractivity contribution in [2.75, 3.05) is 5.75 Å². The minimum absolute atomic E-state index is 0.0107. The maximum Gasteiger partial charge on any atom is 0.325 e. The third-order valence-electron chi connectivity index (χ3n) is 3.03. The van der Waals surface area contributed by atoms with Crippen LogP contribution < -0.4 is 5.73 Å². The van der Waals surface area contributed by atoms with E-state index >= 15 is 0 Å². The van der Waals surface area contributed by atoms with Crippen molar-refractivity contribution in [1.29, 1.82) is 0 Å². The lowest BCUT2D eigenvalue weighted by Crippen LogP contribution is -2.20. The quantitative estimate of drug-likeness (QED) is 0.775. The van der Waals surface area contributed by atoms with E-state index in [1.807, 2.05) is 0 Å². The number of aliphatic carboxylic acids is 1. The van der Waals surface area contributed by atoms with Crippen LogP contribution in [-0.2, 0) is 14.6 Å². The molecule has 0 aliphatic rings. The van der Waals surface area contributed by atoms with Gasteiger partial charge in [0.05, 0.1) is 10.6 Å². The highest BCUT2D eigenvalue weighted by Gasteiger charge is 2.20. The van der Waals surface area contributed by atoms with Crippen molar-refractivity contribution in [3.8, 4) is 0 Å². The van der Waals surface area contributed by atoms with E-state index in [1.54, 1.807) is 13.0 Å². The van der Waals surface area contributed by atoms with Crippen LogP contribution in [0.3, 0.4) is 0 Å². The molecular weight excluding hydrogens is 268 g/mol. The number of nitrogens with one attached hydrogen (secondary N) is 1. The first kappa shape index (κ1) is 13.6. The summed E-state index contributed by atoms with van der Waals surface area (Å²) in [5.74, 6) is -1.17. The second kappa shape index (κ2) is 4.67. The van der Waals surface area contributed by atoms with Gasteiger partial charge in [0.25, 0.3) is 0 Å². The van der Waals surface area contributed by atoms with E-state index in [4.69, 9.17) is 10.8 Å². The Morgan fingerprint density at radius 2 is 2.16 bits per heavy atom. The lowest BCUT2D eigenvalue weighted by molar-refractivity contribution is -0.138. The molecule has 0 bridgehead atoms. The van der Waals surface area contributed by atoms with Gasteiger partial charge >= 0.3 is 5.97 Å². The SMILES string of the molecule is CCS(=O)(=O)c1ccc2[nH]cc(C(N)C(=O)O)c2c1. The fourth-order valence-electron chi connectivity index (χ4n) is 1.87. The number of carbonyl (C=O) groups is 1. The Hall–Kier alpha value is -1.86. The van der Waals surface area contributed by atoms with Gasteiger partial charge in [0.1, 0.15) is 6.04 Å². The van der Waals surface area contributed by atoms with Crippen LogP contribution in [0.15, 0.2) is 29.3 Å². The number of nitrogens with two attached hydrogens (primary N) is 1. The summed E-state index contributed by atoms with van der Waals surface area (Å²) in [6, 6.07) is 3.38. The van der Waals surface area contributed by atoms with Gasteiger partial charge < -0.3 is 15.8 Å². The predicted molar refractivity (Wildman–Crippen MR) is 70.6 cm³/mol. The summed E-state index contributed by atoms with van der Waals surface area (Å²) in [6.07, 6.45) is 1.49. The Morgan fingerprint density at radius 1 is 1.47 bits per heavy atom. The number of aromatic amines is 1. The molecule has 6 nitrogen and oxygen atoms in total. The highest BCUT2D eigenvalue weighted by molar-refractivity contribution is 7.91. The monoisotopic (exact) mass is 282 g/mol. The molecule has 2 rings (SSSR count). The first-order valence-electron chi connectivity index (χ1n) is 5.69. The number of aromatic nitrogens is 1. The number of carboxylic acids is 1. The molecule has 4 N–H and O–H groups in total. The van der Waals surface area contributed by atoms with E-state index in [2.05, 4.69) is 4.98 Å². The molecule has 1 aromatic heterocycles. The van der Waals surface area contributed by atoms with Gasteiger partial charge in [0, 0.05) is 22.7 Å². The standard InChI is InChI=1S/C12H14N2O4S/c1-2-19(17,18)7-3-4-10-8(5-7)9(6-14-10)11(13)12(15)16/h3-6,11,14H,2,13H2,1H3,(H,15,16). The Bertz CT molecular complexity index is 733. The van der Waals surface area contributed by atoms with Crippen LogP contribution in [0.25, 0.3) is 10.9 Å². The third kappa shape index (κ3) is 2.34. The Labute approximate surface area is 110 Å². The molecule has 19 heavy (non-hydrogen) atoms. The van der Waals surface area contributed by atoms with Crippen LogP contribution in [0.5, 0.6) is 0 Å². The van der Waals surface area contributed by atoms with Crippen molar-refractivity contribution in [3.63, 3.8) is 0 Å². The highest BCUT2D eigenvalue weighted by atomic mass is 32.2. The molecule has 0 saturated carbocycles. The molecule has 2 aromatic rings. The number of carboxylic acid groups (broad SMARTS) is 1. The molecular formula is C12H14N2O4S. The Kier molecular flexibility index (Phi) is 3.34. The minimum atomic E-state index is -3.33. The van der Waals surface area contributed by atoms with Gasteiger partial charge in [-0.3, -0.25) is 4.79 Å². The van der Waals surface area contributed by atoms with Gasteiger partial charge in [-0.15, -0.1) is 0 Å². The van der Waals surface area contributed by atoms with E-state index in [1.165, 1.54) is 18.3 Å². The molecule has 0 saturated heterocycles. The molecule has 7 heteroatoms. The fourth-order valence-corrected chi connectivity index (χ4v) is 2.78. The number of rotatable bonds is 4. The van der Waals surface area contributed by atoms with E-state index in [0.717, 1.165) is 0 Å². The van der Waals surface area contributed by atoms with Crippen LogP contribution in [-0.4, -0.2) is 30.2 Å². The zero-order chi connectivity index (χ0) is 14.2. The Balaban J connectivity index is 2.65. The highest BCUT2D eigenvalue weighted by Crippen LogP contribution is 2.26. The summed E-state index contributed by atoms with van der Waals surface area (Å²) >= 11 is 0. The van der Waals surface area contributed by atoms with E-state index in [-0.39, 0.29) is 10.6 Å². The summed E-state index contributed by atoms with van der Waals surface area (Å²) in [5.41, 5.74) is 6.60. The second-order valence-electron chi connectivity index (χ2n) is 4.17. The number of sulfone groups is 1. The molecule has 1 aromatic carbocycles. The van der Waals surface area contributed by atoms with Crippen molar-refractivity contribution in [2.45, 2.75) is 17.9 Å². The first-order valence-corrected chi connectivity index (χ1v) is 7.34. The van der Waals surface area contributed by atoms with Gasteiger partial charge in [-0.25, -0.2) is 8.42 Å². The topological polar surface area (TPSA) is 113 Å². The first-order chi connectivity index (χ1) is 8.86. The van der Waals surface area contributed by atoms with Gasteiger partial charge in [-0.2, -0.15) is 0 Å². The summed E-state index contributed by atoms with van der Waals surface area (Å²) in [7, 11) is -3.33. The van der Waals surface area contributed by atoms with Gasteiger partial charge in [0.2, 0.25) is 0 Å². The van der Waals surface area contributed by atoms with Crippen LogP contribution in [0.2, 0.25) is 0 Å². The normalized spacial score (nSPS) is 13.6. The number of fused-ring (bicyclic) bond motifs is 1. The summed E-state index contributed by atoms with van der Waals surface area (Å²) in [5, 5.41) is 9.45. The number of H-pyrrole nitrogens is 1. The fraction of sp³-hybridized carbons (Fsp3) is 0.250. The van der Waals surface area contributed by atoms with Crippen LogP contribution in [0.4, 0.5) is 0 Å². The van der Waals surface area contributed by atoms with Crippen LogP contribution in [0.1, 0.15) is 18.5 Å². The summed E-state index contributed by atoms with van der Waals surface area (Å²) in [6.45, 7) is 1.56. The summed E-state index contributed by atoms with van der Waals surface area (Å²) in [4.78, 5) is 14.0.